The normalized spacial score (nSPS) is 51.0. The van der Waals surface area contributed by atoms with Crippen molar-refractivity contribution in [3.8, 4) is 0 Å². The summed E-state index contributed by atoms with van der Waals surface area (Å²) >= 11 is 0. The molecule has 1 aliphatic carbocycles. The number of hydrogen-bond acceptors (Lipinski definition) is 6. The molecular weight excluding hydrogens is 300 g/mol. The Morgan fingerprint density at radius 2 is 2.04 bits per heavy atom. The lowest BCUT2D eigenvalue weighted by molar-refractivity contribution is -0.151. The van der Waals surface area contributed by atoms with Gasteiger partial charge in [0.15, 0.2) is 0 Å². The average Bonchev–Trinajstić information content (AvgIpc) is 3.27. The van der Waals surface area contributed by atoms with Gasteiger partial charge in [-0.25, -0.2) is 4.79 Å². The Morgan fingerprint density at radius 3 is 2.74 bits per heavy atom. The van der Waals surface area contributed by atoms with Crippen LogP contribution in [0.2, 0.25) is 0 Å². The minimum atomic E-state index is -0.488. The Morgan fingerprint density at radius 1 is 1.30 bits per heavy atom. The minimum Gasteiger partial charge on any atom is -0.462 e. The van der Waals surface area contributed by atoms with Crippen LogP contribution in [0.15, 0.2) is 12.2 Å². The van der Waals surface area contributed by atoms with Crippen LogP contribution in [-0.4, -0.2) is 47.6 Å². The van der Waals surface area contributed by atoms with Crippen molar-refractivity contribution >= 4 is 11.9 Å². The molecule has 0 aromatic heterocycles. The summed E-state index contributed by atoms with van der Waals surface area (Å²) in [4.78, 5) is 23.6. The number of hydrogen-bond donors (Lipinski definition) is 0. The summed E-state index contributed by atoms with van der Waals surface area (Å²) in [5.41, 5.74) is -0.270. The highest BCUT2D eigenvalue weighted by Gasteiger charge is 2.66. The molecule has 0 spiro atoms. The second-order valence-electron chi connectivity index (χ2n) is 7.58. The smallest absolute Gasteiger partial charge is 0.334 e. The van der Waals surface area contributed by atoms with Crippen LogP contribution in [0.4, 0.5) is 0 Å². The summed E-state index contributed by atoms with van der Waals surface area (Å²) in [5, 5.41) is 0. The molecule has 0 N–H and O–H groups in total. The largest absolute Gasteiger partial charge is 0.462 e. The zero-order chi connectivity index (χ0) is 16.6. The molecule has 0 aromatic carbocycles. The fraction of sp³-hybridized carbons (Fsp3) is 0.765. The molecular formula is C17H22O6. The average molecular weight is 322 g/mol. The van der Waals surface area contributed by atoms with Crippen LogP contribution < -0.4 is 0 Å². The standard InChI is InChI=1S/C17H22O6/c1-8-12-10(20-9(2)18)7-17(4)11(22-17)5-6-16(3)14(23-16)13(12)21-15(8)19/h10-14H,1,5-7H2,2-4H3/t10?,11?,12?,13?,14?,16-,17-/m1/s1. The molecule has 4 aliphatic rings. The molecule has 23 heavy (non-hydrogen) atoms. The number of fused-ring (bicyclic) bond motifs is 4. The van der Waals surface area contributed by atoms with Gasteiger partial charge in [0.1, 0.15) is 18.3 Å². The van der Waals surface area contributed by atoms with Crippen molar-refractivity contribution in [1.82, 2.24) is 0 Å². The summed E-state index contributed by atoms with van der Waals surface area (Å²) in [5.74, 6) is -1.18. The number of carbonyl (C=O) groups is 2. The van der Waals surface area contributed by atoms with E-state index in [1.165, 1.54) is 6.92 Å². The van der Waals surface area contributed by atoms with Crippen molar-refractivity contribution in [1.29, 1.82) is 0 Å². The molecule has 0 aromatic rings. The predicted octanol–water partition coefficient (Wildman–Crippen LogP) is 1.51. The SMILES string of the molecule is C=C1C(=O)OC2C1C(OC(C)=O)C[C@@]1(C)OC1CC[C@@]1(C)OC21. The van der Waals surface area contributed by atoms with E-state index >= 15 is 0 Å². The molecule has 3 saturated heterocycles. The first-order valence-electron chi connectivity index (χ1n) is 8.16. The third kappa shape index (κ3) is 2.31. The monoisotopic (exact) mass is 322 g/mol. The quantitative estimate of drug-likeness (QED) is 0.414. The van der Waals surface area contributed by atoms with Crippen LogP contribution in [0.5, 0.6) is 0 Å². The summed E-state index contributed by atoms with van der Waals surface area (Å²) in [6.07, 6.45) is 1.34. The van der Waals surface area contributed by atoms with E-state index in [4.69, 9.17) is 18.9 Å². The molecule has 1 saturated carbocycles. The Bertz CT molecular complexity index is 600. The molecule has 126 valence electrons. The molecule has 0 amide bonds. The van der Waals surface area contributed by atoms with Crippen molar-refractivity contribution in [2.75, 3.05) is 0 Å². The molecule has 0 radical (unpaired) electrons. The number of ether oxygens (including phenoxy) is 4. The Hall–Kier alpha value is -1.40. The van der Waals surface area contributed by atoms with E-state index in [1.54, 1.807) is 0 Å². The summed E-state index contributed by atoms with van der Waals surface area (Å²) in [6, 6.07) is 0. The summed E-state index contributed by atoms with van der Waals surface area (Å²) in [6.45, 7) is 9.31. The lowest BCUT2D eigenvalue weighted by Gasteiger charge is -2.28. The van der Waals surface area contributed by atoms with E-state index in [0.29, 0.717) is 12.0 Å². The highest BCUT2D eigenvalue weighted by atomic mass is 16.7. The van der Waals surface area contributed by atoms with E-state index in [1.807, 2.05) is 13.8 Å². The minimum absolute atomic E-state index is 0.144. The van der Waals surface area contributed by atoms with Gasteiger partial charge in [0.25, 0.3) is 0 Å². The number of epoxide rings is 2. The van der Waals surface area contributed by atoms with Gasteiger partial charge in [-0.3, -0.25) is 4.79 Å². The van der Waals surface area contributed by atoms with Crippen molar-refractivity contribution in [2.45, 2.75) is 75.7 Å². The maximum Gasteiger partial charge on any atom is 0.334 e. The van der Waals surface area contributed by atoms with E-state index in [2.05, 4.69) is 6.58 Å². The third-order valence-electron chi connectivity index (χ3n) is 5.76. The third-order valence-corrected chi connectivity index (χ3v) is 5.76. The first-order chi connectivity index (χ1) is 10.7. The molecule has 6 nitrogen and oxygen atoms in total. The number of esters is 2. The highest BCUT2D eigenvalue weighted by Crippen LogP contribution is 2.54. The maximum absolute atomic E-state index is 12.1. The summed E-state index contributed by atoms with van der Waals surface area (Å²) < 4.78 is 22.8. The van der Waals surface area contributed by atoms with Gasteiger partial charge < -0.3 is 18.9 Å². The van der Waals surface area contributed by atoms with Crippen molar-refractivity contribution in [3.05, 3.63) is 12.2 Å². The van der Waals surface area contributed by atoms with E-state index in [0.717, 1.165) is 12.8 Å². The van der Waals surface area contributed by atoms with Crippen LogP contribution >= 0.6 is 0 Å². The molecule has 3 aliphatic heterocycles. The lowest BCUT2D eigenvalue weighted by atomic mass is 9.79. The number of rotatable bonds is 1. The van der Waals surface area contributed by atoms with Crippen LogP contribution in [-0.2, 0) is 28.5 Å². The zero-order valence-electron chi connectivity index (χ0n) is 13.7. The first kappa shape index (κ1) is 15.1. The van der Waals surface area contributed by atoms with Gasteiger partial charge in [0, 0.05) is 18.9 Å². The predicted molar refractivity (Wildman–Crippen MR) is 78.5 cm³/mol. The maximum atomic E-state index is 12.1. The molecule has 3 heterocycles. The van der Waals surface area contributed by atoms with E-state index in [9.17, 15) is 9.59 Å². The van der Waals surface area contributed by atoms with E-state index < -0.39 is 18.2 Å². The van der Waals surface area contributed by atoms with Crippen molar-refractivity contribution in [2.24, 2.45) is 5.92 Å². The van der Waals surface area contributed by atoms with Crippen LogP contribution in [0.3, 0.4) is 0 Å². The van der Waals surface area contributed by atoms with Crippen LogP contribution in [0, 0.1) is 5.92 Å². The Kier molecular flexibility index (Phi) is 3.01. The van der Waals surface area contributed by atoms with Gasteiger partial charge >= 0.3 is 11.9 Å². The van der Waals surface area contributed by atoms with Gasteiger partial charge in [-0.1, -0.05) is 6.58 Å². The fourth-order valence-corrected chi connectivity index (χ4v) is 4.27. The van der Waals surface area contributed by atoms with Gasteiger partial charge in [-0.05, 0) is 26.7 Å². The molecule has 0 bridgehead atoms. The fourth-order valence-electron chi connectivity index (χ4n) is 4.27. The molecule has 6 heteroatoms. The topological polar surface area (TPSA) is 77.7 Å². The number of carbonyl (C=O) groups excluding carboxylic acids is 2. The first-order valence-corrected chi connectivity index (χ1v) is 8.16. The van der Waals surface area contributed by atoms with Gasteiger partial charge in [-0.15, -0.1) is 0 Å². The van der Waals surface area contributed by atoms with Crippen molar-refractivity contribution < 1.29 is 28.5 Å². The second kappa shape index (κ2) is 4.57. The van der Waals surface area contributed by atoms with Gasteiger partial charge in [0.05, 0.1) is 23.2 Å². The highest BCUT2D eigenvalue weighted by molar-refractivity contribution is 5.91. The van der Waals surface area contributed by atoms with Crippen molar-refractivity contribution in [3.63, 3.8) is 0 Å². The van der Waals surface area contributed by atoms with E-state index in [-0.39, 0.29) is 35.3 Å². The molecule has 5 unspecified atom stereocenters. The van der Waals surface area contributed by atoms with Gasteiger partial charge in [0.2, 0.25) is 0 Å². The van der Waals surface area contributed by atoms with Crippen LogP contribution in [0.25, 0.3) is 0 Å². The Labute approximate surface area is 135 Å². The zero-order valence-corrected chi connectivity index (χ0v) is 13.7. The summed E-state index contributed by atoms with van der Waals surface area (Å²) in [7, 11) is 0. The van der Waals surface area contributed by atoms with Crippen LogP contribution in [0.1, 0.15) is 40.0 Å². The molecule has 4 rings (SSSR count). The molecule has 4 fully saturated rings. The lowest BCUT2D eigenvalue weighted by Crippen LogP contribution is -2.40. The van der Waals surface area contributed by atoms with Gasteiger partial charge in [-0.2, -0.15) is 0 Å². The second-order valence-corrected chi connectivity index (χ2v) is 7.58. The molecule has 7 atom stereocenters. The Balaban J connectivity index is 1.69.